The molecular weight excluding hydrogens is 746 g/mol. The molecule has 2 aliphatic heterocycles. The van der Waals surface area contributed by atoms with E-state index in [1.807, 2.05) is 18.2 Å². The number of aromatic amines is 1. The number of H-pyrrole nitrogens is 1. The molecule has 4 atom stereocenters. The number of likely N-dealkylation sites (tertiary alicyclic amines) is 1. The Morgan fingerprint density at radius 2 is 1.79 bits per heavy atom. The zero-order valence-corrected chi connectivity index (χ0v) is 34.0. The molecule has 3 heterocycles. The van der Waals surface area contributed by atoms with Crippen molar-refractivity contribution < 1.29 is 34.0 Å². The highest BCUT2D eigenvalue weighted by atomic mass is 35.5. The number of phenolic OH excluding ortho intramolecular Hbond substituents is 1. The van der Waals surface area contributed by atoms with Crippen LogP contribution in [0.3, 0.4) is 0 Å². The molecule has 9 rings (SSSR count). The molecule has 0 radical (unpaired) electrons. The van der Waals surface area contributed by atoms with E-state index in [1.54, 1.807) is 77.9 Å². The number of carbonyl (C=O) groups is 2. The Morgan fingerprint density at radius 1 is 1.05 bits per heavy atom. The molecule has 1 spiro atoms. The molecule has 4 aromatic rings. The molecule has 1 saturated heterocycles. The lowest BCUT2D eigenvalue weighted by atomic mass is 9.49. The van der Waals surface area contributed by atoms with Gasteiger partial charge in [-0.15, -0.1) is 0 Å². The topological polar surface area (TPSA) is 149 Å². The Morgan fingerprint density at radius 3 is 2.49 bits per heavy atom. The van der Waals surface area contributed by atoms with Gasteiger partial charge in [0.1, 0.15) is 11.2 Å². The molecule has 3 aromatic carbocycles. The summed E-state index contributed by atoms with van der Waals surface area (Å²) in [5.74, 6) is 1.13. The first-order valence-electron chi connectivity index (χ1n) is 19.9. The zero-order valence-electron chi connectivity index (χ0n) is 33.2. The van der Waals surface area contributed by atoms with Crippen LogP contribution in [0.1, 0.15) is 94.9 Å². The van der Waals surface area contributed by atoms with Gasteiger partial charge in [0.25, 0.3) is 0 Å². The van der Waals surface area contributed by atoms with Crippen LogP contribution in [0.5, 0.6) is 11.5 Å². The number of piperidine rings is 1. The number of phenols is 1. The van der Waals surface area contributed by atoms with Crippen LogP contribution >= 0.6 is 11.6 Å². The highest BCUT2D eigenvalue weighted by Crippen LogP contribution is 2.69. The van der Waals surface area contributed by atoms with Gasteiger partial charge in [-0.2, -0.15) is 0 Å². The van der Waals surface area contributed by atoms with Crippen LogP contribution in [-0.4, -0.2) is 79.1 Å². The largest absolute Gasteiger partial charge is 0.504 e. The quantitative estimate of drug-likeness (QED) is 0.117. The van der Waals surface area contributed by atoms with Crippen molar-refractivity contribution in [2.45, 2.75) is 115 Å². The second-order valence-electron chi connectivity index (χ2n) is 18.4. The van der Waals surface area contributed by atoms with Crippen molar-refractivity contribution in [2.75, 3.05) is 13.1 Å². The molecule has 4 N–H and O–H groups in total. The number of benzene rings is 3. The number of guanidine groups is 1. The van der Waals surface area contributed by atoms with Crippen LogP contribution in [0.15, 0.2) is 59.6 Å². The summed E-state index contributed by atoms with van der Waals surface area (Å²) in [7, 11) is 0. The van der Waals surface area contributed by atoms with Gasteiger partial charge in [-0.25, -0.2) is 19.5 Å². The van der Waals surface area contributed by atoms with Crippen LogP contribution < -0.4 is 10.1 Å². The van der Waals surface area contributed by atoms with E-state index in [2.05, 4.69) is 15.2 Å². The minimum absolute atomic E-state index is 0.00474. The molecule has 0 unspecified atom stereocenters. The third kappa shape index (κ3) is 6.50. The van der Waals surface area contributed by atoms with Crippen molar-refractivity contribution in [1.82, 2.24) is 20.1 Å². The number of hydrogen-bond acceptors (Lipinski definition) is 9. The smallest absolute Gasteiger partial charge is 0.417 e. The number of alkyl carbamates (subject to hydrolysis) is 1. The molecule has 2 bridgehead atoms. The minimum Gasteiger partial charge on any atom is -0.504 e. The predicted molar refractivity (Wildman–Crippen MR) is 216 cm³/mol. The van der Waals surface area contributed by atoms with Gasteiger partial charge in [0, 0.05) is 40.5 Å². The number of carbonyl (C=O) groups excluding carboxylic acids is 2. The first kappa shape index (κ1) is 37.8. The molecular formula is C44H50ClN5O7. The first-order valence-corrected chi connectivity index (χ1v) is 20.3. The van der Waals surface area contributed by atoms with Gasteiger partial charge in [0.05, 0.1) is 28.9 Å². The van der Waals surface area contributed by atoms with Crippen LogP contribution in [0.2, 0.25) is 5.02 Å². The van der Waals surface area contributed by atoms with E-state index in [0.717, 1.165) is 51.9 Å². The van der Waals surface area contributed by atoms with Gasteiger partial charge < -0.3 is 29.4 Å². The number of aromatic hydroxyl groups is 1. The molecule has 2 amide bonds. The third-order valence-corrected chi connectivity index (χ3v) is 12.4. The molecule has 13 heteroatoms. The van der Waals surface area contributed by atoms with Crippen LogP contribution in [0.4, 0.5) is 15.3 Å². The van der Waals surface area contributed by atoms with E-state index in [1.165, 1.54) is 17.7 Å². The number of rotatable bonds is 5. The van der Waals surface area contributed by atoms with Gasteiger partial charge in [-0.05, 0) is 133 Å². The van der Waals surface area contributed by atoms with Crippen molar-refractivity contribution in [1.29, 1.82) is 0 Å². The van der Waals surface area contributed by atoms with Crippen molar-refractivity contribution in [2.24, 2.45) is 10.9 Å². The minimum atomic E-state index is -1.17. The normalized spacial score (nSPS) is 25.0. The van der Waals surface area contributed by atoms with Crippen LogP contribution in [-0.2, 0) is 34.3 Å². The Kier molecular flexibility index (Phi) is 8.70. The van der Waals surface area contributed by atoms with Gasteiger partial charge in [-0.3, -0.25) is 10.2 Å². The Bertz CT molecular complexity index is 2320. The first-order chi connectivity index (χ1) is 26.9. The highest BCUT2D eigenvalue weighted by molar-refractivity contribution is 6.30. The number of aliphatic imine (C=N–C) groups is 1. The maximum absolute atomic E-state index is 14.0. The summed E-state index contributed by atoms with van der Waals surface area (Å²) < 4.78 is 18.2. The average Bonchev–Trinajstić information content (AvgIpc) is 3.76. The van der Waals surface area contributed by atoms with Crippen molar-refractivity contribution in [3.05, 3.63) is 87.6 Å². The van der Waals surface area contributed by atoms with Crippen molar-refractivity contribution in [3.63, 3.8) is 0 Å². The van der Waals surface area contributed by atoms with Crippen molar-refractivity contribution >= 4 is 46.3 Å². The van der Waals surface area contributed by atoms with Crippen LogP contribution in [0, 0.1) is 5.92 Å². The number of halogens is 1. The Hall–Kier alpha value is -4.78. The summed E-state index contributed by atoms with van der Waals surface area (Å²) >= 11 is 6.19. The number of ether oxygens (including phenoxy) is 3. The average molecular weight is 796 g/mol. The molecule has 1 saturated carbocycles. The number of aromatic nitrogens is 1. The van der Waals surface area contributed by atoms with E-state index >= 15 is 0 Å². The van der Waals surface area contributed by atoms with Gasteiger partial charge in [-0.1, -0.05) is 29.8 Å². The number of nitrogens with one attached hydrogen (secondary N) is 2. The van der Waals surface area contributed by atoms with E-state index in [-0.39, 0.29) is 24.3 Å². The number of nitrogens with zero attached hydrogens (tertiary/aromatic N) is 3. The second kappa shape index (κ2) is 13.1. The molecule has 3 aliphatic carbocycles. The fourth-order valence-corrected chi connectivity index (χ4v) is 9.79. The standard InChI is InChI=1S/C44H50ClN5O7/c1-41(2,3)56-39(52)48-38(50(40(53)57-42(4,5)6)23-25-9-12-27(45)13-10-25)46-28-14-15-31-29(20-28)30-21-44(54)33-19-26-11-16-32(51)36-34(26)43(44,37(55-36)35(30)47-31)17-18-49(33)22-24-7-8-24/h9-16,20,24,33,37,47,51,54H,7-8,17-19,21-23H2,1-6H3,(H,46,48,52)/t33-,37-,43-,44+/m0/s1. The third-order valence-electron chi connectivity index (χ3n) is 12.1. The summed E-state index contributed by atoms with van der Waals surface area (Å²) in [4.78, 5) is 39.7. The fourth-order valence-electron chi connectivity index (χ4n) is 9.67. The number of amides is 2. The highest BCUT2D eigenvalue weighted by Gasteiger charge is 2.73. The number of aliphatic hydroxyl groups is 1. The van der Waals surface area contributed by atoms with Gasteiger partial charge in [0.15, 0.2) is 17.6 Å². The lowest BCUT2D eigenvalue weighted by molar-refractivity contribution is -0.173. The predicted octanol–water partition coefficient (Wildman–Crippen LogP) is 8.18. The lowest BCUT2D eigenvalue weighted by Crippen LogP contribution is -2.74. The van der Waals surface area contributed by atoms with Gasteiger partial charge in [0.2, 0.25) is 5.96 Å². The SMILES string of the molecule is CC(C)(C)OC(=O)NC(=Nc1ccc2[nH]c3c(c2c1)C[C@@]1(O)[C@@H]2Cc4ccc(O)c5c4[C@@]1(CCN2CC1CC1)[C@H]3O5)N(Cc1ccc(Cl)cc1)C(=O)OC(C)(C)C. The second-order valence-corrected chi connectivity index (χ2v) is 18.9. The number of hydrogen-bond donors (Lipinski definition) is 4. The van der Waals surface area contributed by atoms with Gasteiger partial charge >= 0.3 is 12.2 Å². The summed E-state index contributed by atoms with van der Waals surface area (Å²) in [5.41, 5.74) is 2.31. The van der Waals surface area contributed by atoms with E-state index in [9.17, 15) is 19.8 Å². The van der Waals surface area contributed by atoms with Crippen LogP contribution in [0.25, 0.3) is 10.9 Å². The zero-order chi connectivity index (χ0) is 40.2. The van der Waals surface area contributed by atoms with E-state index in [4.69, 9.17) is 30.8 Å². The molecule has 12 nitrogen and oxygen atoms in total. The number of fused-ring (bicyclic) bond motifs is 4. The van der Waals surface area contributed by atoms with E-state index < -0.39 is 40.5 Å². The molecule has 2 fully saturated rings. The summed E-state index contributed by atoms with van der Waals surface area (Å²) in [6.07, 6.45) is 2.14. The Labute approximate surface area is 337 Å². The van der Waals surface area contributed by atoms with E-state index in [0.29, 0.717) is 41.6 Å². The monoisotopic (exact) mass is 795 g/mol. The maximum atomic E-state index is 14.0. The maximum Gasteiger partial charge on any atom is 0.417 e. The molecule has 57 heavy (non-hydrogen) atoms. The lowest BCUT2D eigenvalue weighted by Gasteiger charge is -2.62. The molecule has 300 valence electrons. The summed E-state index contributed by atoms with van der Waals surface area (Å²) in [6, 6.07) is 16.3. The summed E-state index contributed by atoms with van der Waals surface area (Å²) in [5, 5.41) is 28.6. The molecule has 5 aliphatic rings. The summed E-state index contributed by atoms with van der Waals surface area (Å²) in [6.45, 7) is 12.4. The molecule has 1 aromatic heterocycles. The fraction of sp³-hybridized carbons (Fsp3) is 0.477. The van der Waals surface area contributed by atoms with Crippen molar-refractivity contribution in [3.8, 4) is 11.5 Å². The Balaban J connectivity index is 1.16.